The van der Waals surface area contributed by atoms with Crippen molar-refractivity contribution in [3.8, 4) is 5.75 Å². The summed E-state index contributed by atoms with van der Waals surface area (Å²) in [5.41, 5.74) is 12.4. The zero-order valence-corrected chi connectivity index (χ0v) is 16.0. The number of carbonyl (C=O) groups excluding carboxylic acids is 1. The van der Waals surface area contributed by atoms with Gasteiger partial charge in [0.05, 0.1) is 5.56 Å². The molecule has 1 saturated carbocycles. The molecule has 8 heteroatoms. The molecule has 1 heterocycles. The molecule has 0 saturated heterocycles. The smallest absolute Gasteiger partial charge is 0.526 e. The standard InChI is InChI=1S/C20H29BN2O5/c22-10-14-5-4-12(6-15(14)11-23)7-17(24)9-16-8-13-2-1-3-18(20(25)26)19(13)28-21(16)27/h1-3,12,14-16,27H,4-11,22-23H2,(H,25,26)/t12-,14?,15+,16+/m0/s1. The van der Waals surface area contributed by atoms with Gasteiger partial charge in [-0.25, -0.2) is 4.79 Å². The first-order chi connectivity index (χ1) is 13.4. The monoisotopic (exact) mass is 388 g/mol. The Balaban J connectivity index is 1.59. The number of hydrogen-bond donors (Lipinski definition) is 4. The third-order valence-corrected chi connectivity index (χ3v) is 6.31. The molecule has 7 nitrogen and oxygen atoms in total. The van der Waals surface area contributed by atoms with E-state index in [1.807, 2.05) is 0 Å². The number of para-hydroxylation sites is 1. The van der Waals surface area contributed by atoms with Crippen molar-refractivity contribution >= 4 is 18.9 Å². The van der Waals surface area contributed by atoms with Crippen LogP contribution in [0.3, 0.4) is 0 Å². The molecular formula is C20H29BN2O5. The number of aromatic carboxylic acids is 1. The summed E-state index contributed by atoms with van der Waals surface area (Å²) in [6, 6.07) is 4.89. The van der Waals surface area contributed by atoms with Crippen LogP contribution >= 0.6 is 0 Å². The van der Waals surface area contributed by atoms with Gasteiger partial charge in [0.25, 0.3) is 0 Å². The summed E-state index contributed by atoms with van der Waals surface area (Å²) in [5.74, 6) is -0.00637. The number of benzene rings is 1. The molecule has 3 rings (SSSR count). The highest BCUT2D eigenvalue weighted by Gasteiger charge is 2.38. The predicted octanol–water partition coefficient (Wildman–Crippen LogP) is 1.47. The molecule has 1 fully saturated rings. The second kappa shape index (κ2) is 9.07. The highest BCUT2D eigenvalue weighted by molar-refractivity contribution is 6.47. The Hall–Kier alpha value is -1.90. The SMILES string of the molecule is NCC1CC[C@H](CC(=O)C[C@H]2Cc3cccc(C(=O)O)c3OB2O)C[C@@H]1CN. The average Bonchev–Trinajstić information content (AvgIpc) is 2.67. The third kappa shape index (κ3) is 4.56. The topological polar surface area (TPSA) is 136 Å². The van der Waals surface area contributed by atoms with Gasteiger partial charge in [0.15, 0.2) is 0 Å². The summed E-state index contributed by atoms with van der Waals surface area (Å²) in [7, 11) is -1.18. The maximum absolute atomic E-state index is 12.6. The number of hydrogen-bond acceptors (Lipinski definition) is 6. The van der Waals surface area contributed by atoms with Gasteiger partial charge in [-0.15, -0.1) is 0 Å². The number of fused-ring (bicyclic) bond motifs is 1. The minimum Gasteiger partial charge on any atom is -0.535 e. The van der Waals surface area contributed by atoms with E-state index in [1.54, 1.807) is 12.1 Å². The van der Waals surface area contributed by atoms with E-state index in [2.05, 4.69) is 0 Å². The van der Waals surface area contributed by atoms with Gasteiger partial charge in [-0.3, -0.25) is 4.79 Å². The van der Waals surface area contributed by atoms with Gasteiger partial charge in [0, 0.05) is 18.7 Å². The highest BCUT2D eigenvalue weighted by atomic mass is 16.5. The van der Waals surface area contributed by atoms with Crippen molar-refractivity contribution < 1.29 is 24.4 Å². The summed E-state index contributed by atoms with van der Waals surface area (Å²) in [6.45, 7) is 1.25. The van der Waals surface area contributed by atoms with Gasteiger partial charge in [0.1, 0.15) is 11.5 Å². The molecule has 28 heavy (non-hydrogen) atoms. The van der Waals surface area contributed by atoms with Crippen molar-refractivity contribution in [2.24, 2.45) is 29.2 Å². The van der Waals surface area contributed by atoms with E-state index >= 15 is 0 Å². The van der Waals surface area contributed by atoms with Gasteiger partial charge in [-0.2, -0.15) is 0 Å². The molecule has 0 radical (unpaired) electrons. The van der Waals surface area contributed by atoms with Crippen molar-refractivity contribution in [3.63, 3.8) is 0 Å². The van der Waals surface area contributed by atoms with E-state index in [0.717, 1.165) is 24.8 Å². The first kappa shape index (κ1) is 20.8. The van der Waals surface area contributed by atoms with Crippen LogP contribution in [0.1, 0.15) is 48.0 Å². The number of carboxylic acid groups (broad SMARTS) is 1. The molecule has 152 valence electrons. The molecule has 4 atom stereocenters. The minimum atomic E-state index is -1.18. The Morgan fingerprint density at radius 1 is 1.14 bits per heavy atom. The summed E-state index contributed by atoms with van der Waals surface area (Å²) in [4.78, 5) is 24.0. The average molecular weight is 388 g/mol. The molecule has 6 N–H and O–H groups in total. The third-order valence-electron chi connectivity index (χ3n) is 6.31. The fourth-order valence-electron chi connectivity index (χ4n) is 4.73. The lowest BCUT2D eigenvalue weighted by Crippen LogP contribution is -2.37. The van der Waals surface area contributed by atoms with Crippen molar-refractivity contribution in [3.05, 3.63) is 29.3 Å². The van der Waals surface area contributed by atoms with Crippen LogP contribution in [-0.4, -0.2) is 42.1 Å². The molecule has 1 aliphatic heterocycles. The fraction of sp³-hybridized carbons (Fsp3) is 0.600. The van der Waals surface area contributed by atoms with Crippen molar-refractivity contribution in [1.29, 1.82) is 0 Å². The number of nitrogens with two attached hydrogens (primary N) is 2. The molecule has 1 aromatic carbocycles. The molecule has 1 aromatic rings. The molecule has 0 aromatic heterocycles. The van der Waals surface area contributed by atoms with Gasteiger partial charge in [0.2, 0.25) is 0 Å². The number of carboxylic acids is 1. The molecule has 0 spiro atoms. The van der Waals surface area contributed by atoms with Crippen LogP contribution in [0.15, 0.2) is 18.2 Å². The molecule has 1 unspecified atom stereocenters. The maximum atomic E-state index is 12.6. The summed E-state index contributed by atoms with van der Waals surface area (Å²) >= 11 is 0. The van der Waals surface area contributed by atoms with Gasteiger partial charge in [-0.1, -0.05) is 12.1 Å². The van der Waals surface area contributed by atoms with Crippen LogP contribution in [0, 0.1) is 17.8 Å². The van der Waals surface area contributed by atoms with E-state index in [-0.39, 0.29) is 29.3 Å². The lowest BCUT2D eigenvalue weighted by Gasteiger charge is -2.35. The first-order valence-corrected chi connectivity index (χ1v) is 10.0. The molecular weight excluding hydrogens is 359 g/mol. The van der Waals surface area contributed by atoms with Gasteiger partial charge < -0.3 is 26.3 Å². The molecule has 0 amide bonds. The normalized spacial score (nSPS) is 27.0. The first-order valence-electron chi connectivity index (χ1n) is 10.0. The summed E-state index contributed by atoms with van der Waals surface area (Å²) in [5, 5.41) is 19.6. The number of Topliss-reactive ketones (excluding diaryl/α,β-unsaturated/α-hetero) is 1. The summed E-state index contributed by atoms with van der Waals surface area (Å²) < 4.78 is 5.48. The van der Waals surface area contributed by atoms with Gasteiger partial charge in [-0.05, 0) is 68.2 Å². The zero-order valence-electron chi connectivity index (χ0n) is 16.0. The van der Waals surface area contributed by atoms with E-state index in [4.69, 9.17) is 16.1 Å². The van der Waals surface area contributed by atoms with Crippen molar-refractivity contribution in [1.82, 2.24) is 0 Å². The predicted molar refractivity (Wildman–Crippen MR) is 106 cm³/mol. The highest BCUT2D eigenvalue weighted by Crippen LogP contribution is 2.38. The Kier molecular flexibility index (Phi) is 6.75. The van der Waals surface area contributed by atoms with Crippen LogP contribution < -0.4 is 16.1 Å². The Labute approximate surface area is 165 Å². The number of ketones is 1. The molecule has 2 aliphatic rings. The fourth-order valence-corrected chi connectivity index (χ4v) is 4.73. The maximum Gasteiger partial charge on any atom is 0.526 e. The quantitative estimate of drug-likeness (QED) is 0.519. The number of carbonyl (C=O) groups is 2. The van der Waals surface area contributed by atoms with Crippen LogP contribution in [0.2, 0.25) is 5.82 Å². The van der Waals surface area contributed by atoms with E-state index in [0.29, 0.717) is 43.7 Å². The second-order valence-electron chi connectivity index (χ2n) is 8.19. The second-order valence-corrected chi connectivity index (χ2v) is 8.19. The van der Waals surface area contributed by atoms with E-state index in [1.165, 1.54) is 6.07 Å². The van der Waals surface area contributed by atoms with Crippen molar-refractivity contribution in [2.75, 3.05) is 13.1 Å². The Morgan fingerprint density at radius 2 is 1.89 bits per heavy atom. The summed E-state index contributed by atoms with van der Waals surface area (Å²) in [6.07, 6.45) is 4.06. The van der Waals surface area contributed by atoms with Crippen LogP contribution in [0.4, 0.5) is 0 Å². The number of rotatable bonds is 7. The van der Waals surface area contributed by atoms with Crippen LogP contribution in [0.5, 0.6) is 5.75 Å². The van der Waals surface area contributed by atoms with Crippen LogP contribution in [-0.2, 0) is 11.2 Å². The van der Waals surface area contributed by atoms with Crippen molar-refractivity contribution in [2.45, 2.75) is 44.3 Å². The lowest BCUT2D eigenvalue weighted by atomic mass is 9.63. The zero-order chi connectivity index (χ0) is 20.3. The van der Waals surface area contributed by atoms with E-state index < -0.39 is 13.1 Å². The largest absolute Gasteiger partial charge is 0.535 e. The van der Waals surface area contributed by atoms with Crippen LogP contribution in [0.25, 0.3) is 0 Å². The minimum absolute atomic E-state index is 0.0332. The van der Waals surface area contributed by atoms with E-state index in [9.17, 15) is 19.7 Å². The van der Waals surface area contributed by atoms with Gasteiger partial charge >= 0.3 is 13.1 Å². The molecule has 0 bridgehead atoms. The molecule has 1 aliphatic carbocycles. The lowest BCUT2D eigenvalue weighted by molar-refractivity contribution is -0.120. The Morgan fingerprint density at radius 3 is 2.57 bits per heavy atom. The Bertz CT molecular complexity index is 729.